The molecule has 0 bridgehead atoms. The van der Waals surface area contributed by atoms with Gasteiger partial charge in [0.15, 0.2) is 0 Å². The van der Waals surface area contributed by atoms with Crippen LogP contribution in [-0.4, -0.2) is 40.7 Å². The third kappa shape index (κ3) is 3.10. The van der Waals surface area contributed by atoms with Crippen molar-refractivity contribution in [3.8, 4) is 5.75 Å². The van der Waals surface area contributed by atoms with Crippen LogP contribution in [0, 0.1) is 10.1 Å². The molecule has 9 heteroatoms. The van der Waals surface area contributed by atoms with Gasteiger partial charge in [-0.15, -0.1) is 0 Å². The van der Waals surface area contributed by atoms with Gasteiger partial charge in [0.25, 0.3) is 17.5 Å². The molecule has 0 saturated carbocycles. The highest BCUT2D eigenvalue weighted by atomic mass is 16.6. The lowest BCUT2D eigenvalue weighted by Crippen LogP contribution is -2.45. The molecule has 9 nitrogen and oxygen atoms in total. The van der Waals surface area contributed by atoms with Crippen molar-refractivity contribution in [2.24, 2.45) is 0 Å². The molecule has 0 spiro atoms. The maximum absolute atomic E-state index is 12.6. The Bertz CT molecular complexity index is 936. The first-order valence-electron chi connectivity index (χ1n) is 7.95. The molecule has 0 fully saturated rings. The highest BCUT2D eigenvalue weighted by Crippen LogP contribution is 2.30. The van der Waals surface area contributed by atoms with Crippen molar-refractivity contribution in [3.63, 3.8) is 0 Å². The van der Waals surface area contributed by atoms with E-state index in [0.29, 0.717) is 0 Å². The van der Waals surface area contributed by atoms with Crippen molar-refractivity contribution in [2.45, 2.75) is 13.0 Å². The molecule has 138 valence electrons. The molecule has 2 aromatic carbocycles. The van der Waals surface area contributed by atoms with Gasteiger partial charge in [-0.2, -0.15) is 0 Å². The van der Waals surface area contributed by atoms with Crippen molar-refractivity contribution in [1.29, 1.82) is 0 Å². The molecule has 3 amide bonds. The largest absolute Gasteiger partial charge is 0.495 e. The number of fused-ring (bicyclic) bond motifs is 1. The topological polar surface area (TPSA) is 119 Å². The third-order valence-corrected chi connectivity index (χ3v) is 4.24. The Kier molecular flexibility index (Phi) is 4.59. The smallest absolute Gasteiger partial charge is 0.271 e. The second-order valence-electron chi connectivity index (χ2n) is 5.83. The normalized spacial score (nSPS) is 13.9. The third-order valence-electron chi connectivity index (χ3n) is 4.24. The minimum Gasteiger partial charge on any atom is -0.495 e. The quantitative estimate of drug-likeness (QED) is 0.490. The zero-order valence-electron chi connectivity index (χ0n) is 14.5. The summed E-state index contributed by atoms with van der Waals surface area (Å²) in [6.45, 7) is 1.40. The van der Waals surface area contributed by atoms with Gasteiger partial charge in [-0.05, 0) is 25.1 Å². The molecule has 1 atom stereocenters. The molecule has 27 heavy (non-hydrogen) atoms. The standard InChI is InChI=1S/C18H15N3O6/c1-10(20-17(23)12-5-3-4-6-13(12)18(20)24)16(22)19-14-9-11(21(25)26)7-8-15(14)27-2/h3-10H,1-2H3,(H,19,22)/t10-/m0/s1. The van der Waals surface area contributed by atoms with Crippen LogP contribution in [0.3, 0.4) is 0 Å². The van der Waals surface area contributed by atoms with E-state index in [1.807, 2.05) is 0 Å². The second kappa shape index (κ2) is 6.87. The minimum atomic E-state index is -1.12. The fourth-order valence-corrected chi connectivity index (χ4v) is 2.82. The number of carbonyl (C=O) groups excluding carboxylic acids is 3. The number of methoxy groups -OCH3 is 1. The number of nitro groups is 1. The molecular weight excluding hydrogens is 354 g/mol. The lowest BCUT2D eigenvalue weighted by molar-refractivity contribution is -0.384. The van der Waals surface area contributed by atoms with Gasteiger partial charge in [0.1, 0.15) is 11.8 Å². The molecule has 2 aromatic rings. The van der Waals surface area contributed by atoms with Crippen LogP contribution in [0.1, 0.15) is 27.6 Å². The number of nitrogens with one attached hydrogen (secondary N) is 1. The van der Waals surface area contributed by atoms with Crippen LogP contribution in [0.2, 0.25) is 0 Å². The highest BCUT2D eigenvalue weighted by molar-refractivity contribution is 6.23. The van der Waals surface area contributed by atoms with Crippen molar-refractivity contribution in [1.82, 2.24) is 4.90 Å². The van der Waals surface area contributed by atoms with E-state index in [2.05, 4.69) is 5.32 Å². The maximum Gasteiger partial charge on any atom is 0.271 e. The van der Waals surface area contributed by atoms with Crippen molar-refractivity contribution >= 4 is 29.1 Å². The summed E-state index contributed by atoms with van der Waals surface area (Å²) in [6, 6.07) is 8.90. The Morgan fingerprint density at radius 1 is 1.15 bits per heavy atom. The van der Waals surface area contributed by atoms with Gasteiger partial charge in [0, 0.05) is 12.1 Å². The van der Waals surface area contributed by atoms with E-state index >= 15 is 0 Å². The first kappa shape index (κ1) is 18.1. The number of hydrogen-bond acceptors (Lipinski definition) is 6. The van der Waals surface area contributed by atoms with Gasteiger partial charge >= 0.3 is 0 Å². The predicted octanol–water partition coefficient (Wildman–Crippen LogP) is 2.23. The first-order valence-corrected chi connectivity index (χ1v) is 7.95. The fourth-order valence-electron chi connectivity index (χ4n) is 2.82. The van der Waals surface area contributed by atoms with E-state index in [-0.39, 0.29) is 28.3 Å². The van der Waals surface area contributed by atoms with Crippen LogP contribution in [0.25, 0.3) is 0 Å². The summed E-state index contributed by atoms with van der Waals surface area (Å²) in [6.07, 6.45) is 0. The average molecular weight is 369 g/mol. The number of non-ortho nitro benzene ring substituents is 1. The molecule has 0 radical (unpaired) electrons. The van der Waals surface area contributed by atoms with Crippen LogP contribution in [0.15, 0.2) is 42.5 Å². The molecule has 3 rings (SSSR count). The van der Waals surface area contributed by atoms with Gasteiger partial charge < -0.3 is 10.1 Å². The molecule has 0 aliphatic carbocycles. The predicted molar refractivity (Wildman–Crippen MR) is 94.7 cm³/mol. The molecule has 1 aliphatic rings. The monoisotopic (exact) mass is 369 g/mol. The van der Waals surface area contributed by atoms with Gasteiger partial charge in [0.05, 0.1) is 28.8 Å². The number of anilines is 1. The summed E-state index contributed by atoms with van der Waals surface area (Å²) in [5, 5.41) is 13.4. The molecule has 0 saturated heterocycles. The SMILES string of the molecule is COc1ccc([N+](=O)[O-])cc1NC(=O)[C@H](C)N1C(=O)c2ccccc2C1=O. The summed E-state index contributed by atoms with van der Waals surface area (Å²) >= 11 is 0. The van der Waals surface area contributed by atoms with Crippen molar-refractivity contribution < 1.29 is 24.0 Å². The van der Waals surface area contributed by atoms with E-state index in [1.54, 1.807) is 12.1 Å². The molecular formula is C18H15N3O6. The number of nitrogens with zero attached hydrogens (tertiary/aromatic N) is 2. The van der Waals surface area contributed by atoms with E-state index in [4.69, 9.17) is 4.74 Å². The Morgan fingerprint density at radius 3 is 2.26 bits per heavy atom. The van der Waals surface area contributed by atoms with E-state index in [9.17, 15) is 24.5 Å². The first-order chi connectivity index (χ1) is 12.8. The van der Waals surface area contributed by atoms with E-state index in [1.165, 1.54) is 38.3 Å². The zero-order chi connectivity index (χ0) is 19.7. The van der Waals surface area contributed by atoms with Crippen LogP contribution >= 0.6 is 0 Å². The number of ether oxygens (including phenoxy) is 1. The zero-order valence-corrected chi connectivity index (χ0v) is 14.5. The van der Waals surface area contributed by atoms with Crippen LogP contribution < -0.4 is 10.1 Å². The Labute approximate surface area is 153 Å². The number of hydrogen-bond donors (Lipinski definition) is 1. The van der Waals surface area contributed by atoms with Gasteiger partial charge in [-0.1, -0.05) is 12.1 Å². The van der Waals surface area contributed by atoms with Gasteiger partial charge in [0.2, 0.25) is 5.91 Å². The molecule has 1 N–H and O–H groups in total. The Hall–Kier alpha value is -3.75. The number of rotatable bonds is 5. The molecule has 0 unspecified atom stereocenters. The van der Waals surface area contributed by atoms with E-state index < -0.39 is 28.7 Å². The van der Waals surface area contributed by atoms with Crippen molar-refractivity contribution in [3.05, 3.63) is 63.7 Å². The van der Waals surface area contributed by atoms with E-state index in [0.717, 1.165) is 11.0 Å². The Balaban J connectivity index is 1.85. The molecule has 0 aromatic heterocycles. The number of imide groups is 1. The summed E-state index contributed by atoms with van der Waals surface area (Å²) in [7, 11) is 1.35. The van der Waals surface area contributed by atoms with Crippen LogP contribution in [0.5, 0.6) is 5.75 Å². The summed E-state index contributed by atoms with van der Waals surface area (Å²) < 4.78 is 5.09. The van der Waals surface area contributed by atoms with Gasteiger partial charge in [-0.3, -0.25) is 29.4 Å². The number of nitro benzene ring substituents is 1. The molecule has 1 heterocycles. The minimum absolute atomic E-state index is 0.0696. The Morgan fingerprint density at radius 2 is 1.74 bits per heavy atom. The summed E-state index contributed by atoms with van der Waals surface area (Å²) in [4.78, 5) is 48.8. The van der Waals surface area contributed by atoms with Crippen LogP contribution in [-0.2, 0) is 4.79 Å². The lowest BCUT2D eigenvalue weighted by atomic mass is 10.1. The average Bonchev–Trinajstić information content (AvgIpc) is 2.92. The van der Waals surface area contributed by atoms with Crippen molar-refractivity contribution in [2.75, 3.05) is 12.4 Å². The number of amides is 3. The lowest BCUT2D eigenvalue weighted by Gasteiger charge is -2.22. The maximum atomic E-state index is 12.6. The fraction of sp³-hybridized carbons (Fsp3) is 0.167. The number of benzene rings is 2. The van der Waals surface area contributed by atoms with Crippen LogP contribution in [0.4, 0.5) is 11.4 Å². The van der Waals surface area contributed by atoms with Gasteiger partial charge in [-0.25, -0.2) is 0 Å². The molecule has 1 aliphatic heterocycles. The number of carbonyl (C=O) groups is 3. The highest BCUT2D eigenvalue weighted by Gasteiger charge is 2.40. The summed E-state index contributed by atoms with van der Waals surface area (Å²) in [5.74, 6) is -1.60. The second-order valence-corrected chi connectivity index (χ2v) is 5.83. The summed E-state index contributed by atoms with van der Waals surface area (Å²) in [5.41, 5.74) is 0.296.